The Hall–Kier alpha value is -0.570. The molecule has 2 saturated heterocycles. The van der Waals surface area contributed by atoms with Gasteiger partial charge in [0.05, 0.1) is 5.92 Å². The van der Waals surface area contributed by atoms with Gasteiger partial charge in [0.1, 0.15) is 0 Å². The molecule has 4 unspecified atom stereocenters. The Morgan fingerprint density at radius 3 is 2.65 bits per heavy atom. The lowest BCUT2D eigenvalue weighted by atomic mass is 9.85. The van der Waals surface area contributed by atoms with E-state index in [1.807, 2.05) is 0 Å². The van der Waals surface area contributed by atoms with Gasteiger partial charge < -0.3 is 10.6 Å². The largest absolute Gasteiger partial charge is 0.353 e. The molecule has 3 heteroatoms. The van der Waals surface area contributed by atoms with Crippen molar-refractivity contribution in [3.63, 3.8) is 0 Å². The summed E-state index contributed by atoms with van der Waals surface area (Å²) < 4.78 is 0. The summed E-state index contributed by atoms with van der Waals surface area (Å²) in [5.74, 6) is 0.551. The number of hydrogen-bond acceptors (Lipinski definition) is 2. The van der Waals surface area contributed by atoms with E-state index >= 15 is 0 Å². The first-order valence-electron chi connectivity index (χ1n) is 7.13. The topological polar surface area (TPSA) is 41.1 Å². The van der Waals surface area contributed by atoms with E-state index in [9.17, 15) is 4.79 Å². The van der Waals surface area contributed by atoms with Crippen LogP contribution in [0.15, 0.2) is 0 Å². The van der Waals surface area contributed by atoms with Crippen molar-refractivity contribution in [3.8, 4) is 0 Å². The van der Waals surface area contributed by atoms with Crippen LogP contribution < -0.4 is 10.6 Å². The molecule has 3 fully saturated rings. The molecule has 0 aromatic rings. The van der Waals surface area contributed by atoms with Crippen molar-refractivity contribution in [1.29, 1.82) is 0 Å². The number of amides is 1. The van der Waals surface area contributed by atoms with Gasteiger partial charge in [0.25, 0.3) is 0 Å². The van der Waals surface area contributed by atoms with Crippen LogP contribution in [-0.2, 0) is 4.79 Å². The Kier molecular flexibility index (Phi) is 2.69. The van der Waals surface area contributed by atoms with Crippen molar-refractivity contribution in [1.82, 2.24) is 10.6 Å². The van der Waals surface area contributed by atoms with E-state index in [0.29, 0.717) is 29.4 Å². The lowest BCUT2D eigenvalue weighted by molar-refractivity contribution is -0.126. The van der Waals surface area contributed by atoms with Crippen LogP contribution >= 0.6 is 0 Å². The Morgan fingerprint density at radius 1 is 1.29 bits per heavy atom. The molecule has 3 rings (SSSR count). The molecule has 4 atom stereocenters. The first-order valence-corrected chi connectivity index (χ1v) is 7.13. The van der Waals surface area contributed by atoms with Gasteiger partial charge in [0, 0.05) is 18.1 Å². The number of hydrogen-bond donors (Lipinski definition) is 2. The normalized spacial score (nSPS) is 42.9. The highest BCUT2D eigenvalue weighted by Gasteiger charge is 2.44. The van der Waals surface area contributed by atoms with Crippen molar-refractivity contribution in [2.45, 2.75) is 70.5 Å². The molecule has 17 heavy (non-hydrogen) atoms. The molecular formula is C14H24N2O. The summed E-state index contributed by atoms with van der Waals surface area (Å²) in [7, 11) is 0. The molecule has 3 nitrogen and oxygen atoms in total. The monoisotopic (exact) mass is 236 g/mol. The van der Waals surface area contributed by atoms with E-state index in [1.165, 1.54) is 25.7 Å². The molecule has 0 radical (unpaired) electrons. The van der Waals surface area contributed by atoms with E-state index in [-0.39, 0.29) is 5.92 Å². The number of carbonyl (C=O) groups is 1. The second-order valence-electron chi connectivity index (χ2n) is 6.83. The van der Waals surface area contributed by atoms with E-state index in [1.54, 1.807) is 0 Å². The van der Waals surface area contributed by atoms with Gasteiger partial charge in [0.2, 0.25) is 5.91 Å². The maximum atomic E-state index is 12.3. The molecule has 2 aliphatic heterocycles. The Labute approximate surface area is 104 Å². The van der Waals surface area contributed by atoms with E-state index in [4.69, 9.17) is 0 Å². The minimum atomic E-state index is 0.241. The molecule has 1 aliphatic carbocycles. The standard InChI is InChI=1S/C14H24N2O/c1-14(2)7-3-4-12(14)16-13(17)10-8-9-5-6-11(10)15-9/h9-12,15H,3-8H2,1-2H3,(H,16,17). The Bertz CT molecular complexity index is 326. The summed E-state index contributed by atoms with van der Waals surface area (Å²) in [5.41, 5.74) is 0.292. The average molecular weight is 236 g/mol. The quantitative estimate of drug-likeness (QED) is 0.768. The fraction of sp³-hybridized carbons (Fsp3) is 0.929. The number of nitrogens with one attached hydrogen (secondary N) is 2. The molecule has 2 heterocycles. The second kappa shape index (κ2) is 3.98. The van der Waals surface area contributed by atoms with Crippen LogP contribution in [0.1, 0.15) is 52.4 Å². The number of fused-ring (bicyclic) bond motifs is 2. The van der Waals surface area contributed by atoms with Gasteiger partial charge in [-0.05, 0) is 37.5 Å². The lowest BCUT2D eigenvalue weighted by Crippen LogP contribution is -2.46. The van der Waals surface area contributed by atoms with Gasteiger partial charge in [0.15, 0.2) is 0 Å². The predicted octanol–water partition coefficient (Wildman–Crippen LogP) is 1.82. The summed E-state index contributed by atoms with van der Waals surface area (Å²) in [6.07, 6.45) is 7.18. The molecular weight excluding hydrogens is 212 g/mol. The average Bonchev–Trinajstić information content (AvgIpc) is 2.94. The van der Waals surface area contributed by atoms with Crippen LogP contribution in [0.5, 0.6) is 0 Å². The zero-order valence-electron chi connectivity index (χ0n) is 11.0. The molecule has 3 aliphatic rings. The van der Waals surface area contributed by atoms with Crippen molar-refractivity contribution in [2.24, 2.45) is 11.3 Å². The van der Waals surface area contributed by atoms with Gasteiger partial charge in [-0.2, -0.15) is 0 Å². The predicted molar refractivity (Wildman–Crippen MR) is 67.6 cm³/mol. The maximum Gasteiger partial charge on any atom is 0.224 e. The van der Waals surface area contributed by atoms with Crippen LogP contribution in [0.2, 0.25) is 0 Å². The fourth-order valence-electron chi connectivity index (χ4n) is 3.99. The van der Waals surface area contributed by atoms with Crippen LogP contribution in [-0.4, -0.2) is 24.0 Å². The summed E-state index contributed by atoms with van der Waals surface area (Å²) in [6, 6.07) is 1.48. The molecule has 0 aromatic carbocycles. The summed E-state index contributed by atoms with van der Waals surface area (Å²) >= 11 is 0. The summed E-state index contributed by atoms with van der Waals surface area (Å²) in [6.45, 7) is 4.56. The van der Waals surface area contributed by atoms with Gasteiger partial charge in [-0.15, -0.1) is 0 Å². The van der Waals surface area contributed by atoms with Crippen LogP contribution in [0.25, 0.3) is 0 Å². The highest BCUT2D eigenvalue weighted by Crippen LogP contribution is 2.38. The van der Waals surface area contributed by atoms with Crippen LogP contribution in [0.4, 0.5) is 0 Å². The Balaban J connectivity index is 1.60. The first kappa shape index (κ1) is 11.5. The van der Waals surface area contributed by atoms with Gasteiger partial charge >= 0.3 is 0 Å². The lowest BCUT2D eigenvalue weighted by Gasteiger charge is -2.30. The highest BCUT2D eigenvalue weighted by atomic mass is 16.2. The minimum absolute atomic E-state index is 0.241. The van der Waals surface area contributed by atoms with E-state index in [2.05, 4.69) is 24.5 Å². The summed E-state index contributed by atoms with van der Waals surface area (Å²) in [4.78, 5) is 12.3. The smallest absolute Gasteiger partial charge is 0.224 e. The fourth-order valence-corrected chi connectivity index (χ4v) is 3.99. The van der Waals surface area contributed by atoms with E-state index in [0.717, 1.165) is 12.8 Å². The molecule has 1 saturated carbocycles. The zero-order valence-corrected chi connectivity index (χ0v) is 11.0. The minimum Gasteiger partial charge on any atom is -0.353 e. The van der Waals surface area contributed by atoms with Crippen molar-refractivity contribution in [3.05, 3.63) is 0 Å². The second-order valence-corrected chi connectivity index (χ2v) is 6.83. The van der Waals surface area contributed by atoms with Crippen molar-refractivity contribution < 1.29 is 4.79 Å². The Morgan fingerprint density at radius 2 is 2.12 bits per heavy atom. The molecule has 2 N–H and O–H groups in total. The molecule has 0 aromatic heterocycles. The third kappa shape index (κ3) is 1.99. The third-order valence-corrected chi connectivity index (χ3v) is 5.21. The number of carbonyl (C=O) groups excluding carboxylic acids is 1. The molecule has 2 bridgehead atoms. The van der Waals surface area contributed by atoms with Crippen LogP contribution in [0, 0.1) is 11.3 Å². The summed E-state index contributed by atoms with van der Waals surface area (Å²) in [5, 5.41) is 6.86. The number of rotatable bonds is 2. The van der Waals surface area contributed by atoms with Gasteiger partial charge in [-0.3, -0.25) is 4.79 Å². The van der Waals surface area contributed by atoms with Crippen molar-refractivity contribution >= 4 is 5.91 Å². The molecule has 96 valence electrons. The first-order chi connectivity index (χ1) is 8.06. The molecule has 1 amide bonds. The highest BCUT2D eigenvalue weighted by molar-refractivity contribution is 5.80. The van der Waals surface area contributed by atoms with E-state index < -0.39 is 0 Å². The zero-order chi connectivity index (χ0) is 12.0. The van der Waals surface area contributed by atoms with Crippen LogP contribution in [0.3, 0.4) is 0 Å². The molecule has 0 spiro atoms. The third-order valence-electron chi connectivity index (χ3n) is 5.21. The SMILES string of the molecule is CC1(C)CCCC1NC(=O)C1CC2CCC1N2. The van der Waals surface area contributed by atoms with Gasteiger partial charge in [-0.1, -0.05) is 20.3 Å². The van der Waals surface area contributed by atoms with Gasteiger partial charge in [-0.25, -0.2) is 0 Å². The van der Waals surface area contributed by atoms with Crippen molar-refractivity contribution in [2.75, 3.05) is 0 Å². The maximum absolute atomic E-state index is 12.3.